The molecule has 6 rings (SSSR count). The number of amides is 3. The van der Waals surface area contributed by atoms with E-state index in [4.69, 9.17) is 0 Å². The summed E-state index contributed by atoms with van der Waals surface area (Å²) in [6.07, 6.45) is 0.752. The molecule has 3 aliphatic rings. The second-order valence-electron chi connectivity index (χ2n) is 10.7. The zero-order valence-corrected chi connectivity index (χ0v) is 22.2. The van der Waals surface area contributed by atoms with Crippen LogP contribution in [0, 0.1) is 17.8 Å². The SMILES string of the molecule is CC1C[C@@H]2SC13C(C(=O)Nc1ccc4ccccc4c1)N([C@H](C)CO)C(=O)[C@@H]3[C@@H]2C(=O)Nc1ccccc1. The van der Waals surface area contributed by atoms with Crippen LogP contribution in [0.25, 0.3) is 10.8 Å². The highest BCUT2D eigenvalue weighted by atomic mass is 32.2. The third kappa shape index (κ3) is 3.73. The summed E-state index contributed by atoms with van der Waals surface area (Å²) in [5.41, 5.74) is 1.34. The Hall–Kier alpha value is -3.36. The van der Waals surface area contributed by atoms with E-state index in [9.17, 15) is 19.5 Å². The van der Waals surface area contributed by atoms with Crippen LogP contribution >= 0.6 is 11.8 Å². The third-order valence-electron chi connectivity index (χ3n) is 8.53. The standard InChI is InChI=1S/C30H31N3O4S/c1-17-14-23-24(27(35)31-21-10-4-3-5-11-21)25-29(37)33(18(2)16-34)26(30(17,25)38-23)28(36)32-22-13-12-19-8-6-7-9-20(19)15-22/h3-13,15,17-18,23-26,34H,14,16H2,1-2H3,(H,31,35)(H,32,36)/t17?,18-,23+,24-,25+,26?,30?/m1/s1. The largest absolute Gasteiger partial charge is 0.394 e. The van der Waals surface area contributed by atoms with Gasteiger partial charge in [-0.1, -0.05) is 55.5 Å². The molecule has 3 amide bonds. The minimum Gasteiger partial charge on any atom is -0.394 e. The van der Waals surface area contributed by atoms with E-state index in [-0.39, 0.29) is 35.5 Å². The van der Waals surface area contributed by atoms with Crippen LogP contribution in [0.15, 0.2) is 72.8 Å². The average Bonchev–Trinajstić information content (AvgIpc) is 3.52. The summed E-state index contributed by atoms with van der Waals surface area (Å²) < 4.78 is -0.745. The monoisotopic (exact) mass is 529 g/mol. The van der Waals surface area contributed by atoms with E-state index >= 15 is 0 Å². The first-order valence-electron chi connectivity index (χ1n) is 13.1. The Morgan fingerprint density at radius 1 is 1.00 bits per heavy atom. The van der Waals surface area contributed by atoms with Crippen molar-refractivity contribution in [1.29, 1.82) is 0 Å². The number of aliphatic hydroxyl groups is 1. The number of nitrogens with one attached hydrogen (secondary N) is 2. The molecule has 0 aromatic heterocycles. The van der Waals surface area contributed by atoms with Gasteiger partial charge in [-0.15, -0.1) is 11.8 Å². The number of hydrogen-bond acceptors (Lipinski definition) is 5. The molecule has 1 spiro atoms. The second-order valence-corrected chi connectivity index (χ2v) is 12.3. The summed E-state index contributed by atoms with van der Waals surface area (Å²) in [4.78, 5) is 43.3. The summed E-state index contributed by atoms with van der Waals surface area (Å²) in [5, 5.41) is 18.2. The minimum absolute atomic E-state index is 0.0507. The van der Waals surface area contributed by atoms with Crippen molar-refractivity contribution in [1.82, 2.24) is 4.90 Å². The van der Waals surface area contributed by atoms with Crippen molar-refractivity contribution < 1.29 is 19.5 Å². The number of likely N-dealkylation sites (tertiary alicyclic amines) is 1. The summed E-state index contributed by atoms with van der Waals surface area (Å²) >= 11 is 1.62. The van der Waals surface area contributed by atoms with Gasteiger partial charge < -0.3 is 20.6 Å². The number of nitrogens with zero attached hydrogens (tertiary/aromatic N) is 1. The molecule has 38 heavy (non-hydrogen) atoms. The lowest BCUT2D eigenvalue weighted by molar-refractivity contribution is -0.140. The second kappa shape index (κ2) is 9.43. The highest BCUT2D eigenvalue weighted by Gasteiger charge is 2.76. The summed E-state index contributed by atoms with van der Waals surface area (Å²) in [6.45, 7) is 3.58. The van der Waals surface area contributed by atoms with Gasteiger partial charge >= 0.3 is 0 Å². The number of hydrogen-bond donors (Lipinski definition) is 3. The third-order valence-corrected chi connectivity index (χ3v) is 10.6. The lowest BCUT2D eigenvalue weighted by Crippen LogP contribution is -2.56. The smallest absolute Gasteiger partial charge is 0.248 e. The van der Waals surface area contributed by atoms with Crippen molar-refractivity contribution in [2.75, 3.05) is 17.2 Å². The molecule has 3 aromatic rings. The molecule has 0 radical (unpaired) electrons. The summed E-state index contributed by atoms with van der Waals surface area (Å²) in [5.74, 6) is -1.81. The van der Waals surface area contributed by atoms with Gasteiger partial charge in [-0.3, -0.25) is 14.4 Å². The zero-order valence-electron chi connectivity index (χ0n) is 21.3. The van der Waals surface area contributed by atoms with Crippen molar-refractivity contribution >= 4 is 51.6 Å². The van der Waals surface area contributed by atoms with Crippen molar-refractivity contribution in [2.24, 2.45) is 17.8 Å². The highest BCUT2D eigenvalue weighted by Crippen LogP contribution is 2.68. The maximum atomic E-state index is 14.1. The van der Waals surface area contributed by atoms with E-state index in [1.807, 2.05) is 72.8 Å². The molecule has 2 bridgehead atoms. The fraction of sp³-hybridized carbons (Fsp3) is 0.367. The van der Waals surface area contributed by atoms with Gasteiger partial charge in [-0.25, -0.2) is 0 Å². The lowest BCUT2D eigenvalue weighted by Gasteiger charge is -2.39. The number of aliphatic hydroxyl groups excluding tert-OH is 1. The molecule has 0 aliphatic carbocycles. The quantitative estimate of drug-likeness (QED) is 0.446. The van der Waals surface area contributed by atoms with E-state index in [1.54, 1.807) is 23.6 Å². The van der Waals surface area contributed by atoms with E-state index in [2.05, 4.69) is 17.6 Å². The van der Waals surface area contributed by atoms with Gasteiger partial charge in [0.25, 0.3) is 0 Å². The number of rotatable bonds is 6. The molecule has 7 nitrogen and oxygen atoms in total. The number of anilines is 2. The molecule has 3 unspecified atom stereocenters. The number of carbonyl (C=O) groups excluding carboxylic acids is 3. The Morgan fingerprint density at radius 3 is 2.42 bits per heavy atom. The lowest BCUT2D eigenvalue weighted by atomic mass is 9.66. The van der Waals surface area contributed by atoms with Crippen molar-refractivity contribution in [3.63, 3.8) is 0 Å². The maximum absolute atomic E-state index is 14.1. The summed E-state index contributed by atoms with van der Waals surface area (Å²) in [6, 6.07) is 21.6. The molecule has 3 heterocycles. The van der Waals surface area contributed by atoms with Crippen molar-refractivity contribution in [3.05, 3.63) is 72.8 Å². The first-order chi connectivity index (χ1) is 18.3. The van der Waals surface area contributed by atoms with Gasteiger partial charge in [0, 0.05) is 16.6 Å². The van der Waals surface area contributed by atoms with Gasteiger partial charge in [-0.05, 0) is 54.3 Å². The molecule has 0 saturated carbocycles. The molecule has 3 saturated heterocycles. The van der Waals surface area contributed by atoms with Crippen LogP contribution in [0.3, 0.4) is 0 Å². The molecule has 196 valence electrons. The molecular weight excluding hydrogens is 498 g/mol. The number of benzene rings is 3. The molecule has 3 N–H and O–H groups in total. The fourth-order valence-corrected chi connectivity index (χ4v) is 9.25. The first-order valence-corrected chi connectivity index (χ1v) is 14.0. The van der Waals surface area contributed by atoms with Crippen LogP contribution in [-0.4, -0.2) is 56.4 Å². The van der Waals surface area contributed by atoms with Gasteiger partial charge in [-0.2, -0.15) is 0 Å². The van der Waals surface area contributed by atoms with Crippen LogP contribution < -0.4 is 10.6 Å². The number of para-hydroxylation sites is 1. The molecule has 3 aromatic carbocycles. The van der Waals surface area contributed by atoms with Crippen LogP contribution in [0.1, 0.15) is 20.3 Å². The van der Waals surface area contributed by atoms with Gasteiger partial charge in [0.2, 0.25) is 17.7 Å². The van der Waals surface area contributed by atoms with E-state index in [0.717, 1.165) is 17.2 Å². The highest BCUT2D eigenvalue weighted by molar-refractivity contribution is 8.02. The van der Waals surface area contributed by atoms with E-state index in [0.29, 0.717) is 11.4 Å². The van der Waals surface area contributed by atoms with Crippen molar-refractivity contribution in [3.8, 4) is 0 Å². The zero-order chi connectivity index (χ0) is 26.6. The predicted octanol–water partition coefficient (Wildman–Crippen LogP) is 4.14. The number of thioether (sulfide) groups is 1. The molecular formula is C30H31N3O4S. The summed E-state index contributed by atoms with van der Waals surface area (Å²) in [7, 11) is 0. The molecule has 3 aliphatic heterocycles. The van der Waals surface area contributed by atoms with E-state index < -0.39 is 28.7 Å². The topological polar surface area (TPSA) is 98.7 Å². The predicted molar refractivity (Wildman–Crippen MR) is 150 cm³/mol. The normalized spacial score (nSPS) is 30.3. The van der Waals surface area contributed by atoms with Crippen LogP contribution in [0.2, 0.25) is 0 Å². The minimum atomic E-state index is -0.798. The number of carbonyl (C=O) groups is 3. The van der Waals surface area contributed by atoms with E-state index in [1.165, 1.54) is 0 Å². The number of fused-ring (bicyclic) bond motifs is 2. The fourth-order valence-electron chi connectivity index (χ4n) is 6.85. The molecule has 7 atom stereocenters. The average molecular weight is 530 g/mol. The molecule has 3 fully saturated rings. The van der Waals surface area contributed by atoms with Crippen LogP contribution in [0.5, 0.6) is 0 Å². The van der Waals surface area contributed by atoms with Crippen molar-refractivity contribution in [2.45, 2.75) is 42.3 Å². The molecule has 8 heteroatoms. The van der Waals surface area contributed by atoms with Gasteiger partial charge in [0.05, 0.1) is 29.2 Å². The van der Waals surface area contributed by atoms with Gasteiger partial charge in [0.1, 0.15) is 6.04 Å². The Balaban J connectivity index is 1.36. The maximum Gasteiger partial charge on any atom is 0.248 e. The Morgan fingerprint density at radius 2 is 1.68 bits per heavy atom. The Bertz CT molecular complexity index is 1410. The van der Waals surface area contributed by atoms with Gasteiger partial charge in [0.15, 0.2) is 0 Å². The first kappa shape index (κ1) is 24.9. The van der Waals surface area contributed by atoms with Crippen LogP contribution in [0.4, 0.5) is 11.4 Å². The van der Waals surface area contributed by atoms with Crippen LogP contribution in [-0.2, 0) is 14.4 Å². The Kier molecular flexibility index (Phi) is 6.19. The Labute approximate surface area is 226 Å².